The first-order valence-electron chi connectivity index (χ1n) is 46.7. The third-order valence-electron chi connectivity index (χ3n) is 22.4. The van der Waals surface area contributed by atoms with Crippen LogP contribution >= 0.6 is 0 Å². The summed E-state index contributed by atoms with van der Waals surface area (Å²) in [5.41, 5.74) is 0. The molecule has 0 amide bonds. The number of ether oxygens (including phenoxy) is 4. The van der Waals surface area contributed by atoms with E-state index < -0.39 is 10.4 Å². The molecule has 0 rings (SSSR count). The van der Waals surface area contributed by atoms with Crippen molar-refractivity contribution in [3.8, 4) is 0 Å². The minimum Gasteiger partial charge on any atom is -0.726 e. The standard InChI is InChI=1S/C21H44O2.C20H40O2.C19H40O.C18H38O4S.C18H38O.Na/c1-19(2)11-9-13-21(4)15-10-14-20(3)12-7-6-8-16-23-18-17-22-5;1-17(2)11-9-13-19(4)15-10-14-18(3)12-7-6-8-16-22-20(5)21;1-17(2)11-9-13-19(4)15-10-14-18(3)12-7-6-8-16-20-5;1-16(2)10-8-12-18(4)14-9-13-17(3)11-6-5-7-15-22-23(19,20)21;1-16(2)10-8-12-18(4)14-9-13-17(3)11-6-5-7-15-19;/h19-21H,6-18H2,1-5H3;17-19H,6-16H2,1-5H3;17-19H,6-16H2,1-5H3;16-18H,5-15H2,1-4H3,(H,19,20,21);16-19H,5-15H2,1-4H3;/q;;;;;+1/p-1. The first-order valence-corrected chi connectivity index (χ1v) is 48.0. The van der Waals surface area contributed by atoms with Gasteiger partial charge in [-0.1, -0.05) is 427 Å². The number of unbranched alkanes of at least 4 members (excludes halogenated alkanes) is 10. The zero-order valence-electron chi connectivity index (χ0n) is 78.0. The first-order chi connectivity index (χ1) is 50.8. The van der Waals surface area contributed by atoms with Gasteiger partial charge in [-0.3, -0.25) is 8.98 Å². The molecule has 0 aromatic heterocycles. The Kier molecular flexibility index (Phi) is 98.7. The first kappa shape index (κ1) is 119. The molecule has 10 atom stereocenters. The van der Waals surface area contributed by atoms with Crippen LogP contribution in [0, 0.1) is 88.8 Å². The molecular weight excluding hydrogens is 1370 g/mol. The van der Waals surface area contributed by atoms with Crippen molar-refractivity contribution in [1.29, 1.82) is 0 Å². The zero-order valence-corrected chi connectivity index (χ0v) is 80.8. The summed E-state index contributed by atoms with van der Waals surface area (Å²) >= 11 is 0. The van der Waals surface area contributed by atoms with Gasteiger partial charge in [0.15, 0.2) is 0 Å². The molecule has 12 heteroatoms. The number of carbonyl (C=O) groups excluding carboxylic acids is 1. The van der Waals surface area contributed by atoms with Crippen molar-refractivity contribution < 1.29 is 75.6 Å². The summed E-state index contributed by atoms with van der Waals surface area (Å²) in [6.07, 6.45) is 65.9. The average molecular weight is 1570 g/mol. The molecular formula is C96H199NaO10S. The van der Waals surface area contributed by atoms with Crippen molar-refractivity contribution in [3.05, 3.63) is 0 Å². The van der Waals surface area contributed by atoms with Gasteiger partial charge in [-0.15, -0.1) is 0 Å². The van der Waals surface area contributed by atoms with E-state index in [2.05, 4.69) is 143 Å². The number of aliphatic hydroxyl groups excluding tert-OH is 1. The number of rotatable bonds is 73. The summed E-state index contributed by atoms with van der Waals surface area (Å²) in [6, 6.07) is 0. The van der Waals surface area contributed by atoms with Crippen molar-refractivity contribution in [3.63, 3.8) is 0 Å². The number of esters is 1. The molecule has 10 unspecified atom stereocenters. The van der Waals surface area contributed by atoms with Gasteiger partial charge in [-0.05, 0) is 121 Å². The van der Waals surface area contributed by atoms with Crippen LogP contribution in [-0.4, -0.2) is 84.5 Å². The maximum atomic E-state index is 10.6. The maximum Gasteiger partial charge on any atom is 1.00 e. The van der Waals surface area contributed by atoms with Gasteiger partial charge in [0.2, 0.25) is 10.4 Å². The third kappa shape index (κ3) is 113. The molecule has 1 N–H and O–H groups in total. The maximum absolute atomic E-state index is 10.6. The van der Waals surface area contributed by atoms with Crippen molar-refractivity contribution in [1.82, 2.24) is 0 Å². The summed E-state index contributed by atoms with van der Waals surface area (Å²) in [6.45, 7) is 52.9. The van der Waals surface area contributed by atoms with Gasteiger partial charge in [0.05, 0.1) is 26.4 Å². The van der Waals surface area contributed by atoms with E-state index in [1.165, 1.54) is 296 Å². The van der Waals surface area contributed by atoms with Gasteiger partial charge in [0, 0.05) is 41.0 Å². The Morgan fingerprint density at radius 3 is 0.685 bits per heavy atom. The second-order valence-electron chi connectivity index (χ2n) is 37.5. The number of methoxy groups -OCH3 is 2. The van der Waals surface area contributed by atoms with Crippen LogP contribution in [0.1, 0.15) is 466 Å². The normalized spacial score (nSPS) is 14.5. The summed E-state index contributed by atoms with van der Waals surface area (Å²) in [5.74, 6) is 12.9. The van der Waals surface area contributed by atoms with Crippen LogP contribution in [0.2, 0.25) is 0 Å². The fraction of sp³-hybridized carbons (Fsp3) is 0.990. The molecule has 0 aromatic carbocycles. The summed E-state index contributed by atoms with van der Waals surface area (Å²) in [4.78, 5) is 10.6. The zero-order chi connectivity index (χ0) is 81.6. The Labute approximate surface area is 702 Å². The molecule has 0 fully saturated rings. The van der Waals surface area contributed by atoms with Crippen molar-refractivity contribution in [2.45, 2.75) is 466 Å². The summed E-state index contributed by atoms with van der Waals surface area (Å²) in [7, 11) is -0.994. The molecule has 108 heavy (non-hydrogen) atoms. The van der Waals surface area contributed by atoms with Gasteiger partial charge in [0.25, 0.3) is 0 Å². The Bertz CT molecular complexity index is 1820. The fourth-order valence-electron chi connectivity index (χ4n) is 14.6. The largest absolute Gasteiger partial charge is 1.00 e. The molecule has 0 aliphatic heterocycles. The minimum atomic E-state index is -4.51. The number of hydrogen-bond acceptors (Lipinski definition) is 10. The van der Waals surface area contributed by atoms with Gasteiger partial charge >= 0.3 is 35.5 Å². The minimum absolute atomic E-state index is 0. The van der Waals surface area contributed by atoms with E-state index in [4.69, 9.17) is 24.1 Å². The monoisotopic (exact) mass is 1570 g/mol. The van der Waals surface area contributed by atoms with E-state index in [1.807, 2.05) is 0 Å². The fourth-order valence-corrected chi connectivity index (χ4v) is 14.9. The molecule has 10 nitrogen and oxygen atoms in total. The molecule has 0 spiro atoms. The van der Waals surface area contributed by atoms with E-state index in [0.717, 1.165) is 134 Å². The molecule has 0 saturated heterocycles. The molecule has 0 aromatic rings. The van der Waals surface area contributed by atoms with Crippen molar-refractivity contribution in [2.75, 3.05) is 60.5 Å². The Morgan fingerprint density at radius 2 is 0.472 bits per heavy atom. The van der Waals surface area contributed by atoms with E-state index in [9.17, 15) is 17.8 Å². The third-order valence-corrected chi connectivity index (χ3v) is 22.8. The van der Waals surface area contributed by atoms with Gasteiger partial charge in [-0.2, -0.15) is 0 Å². The Balaban J connectivity index is -0.000000301. The smallest absolute Gasteiger partial charge is 0.726 e. The SMILES string of the molecule is CC(=O)OCCCCCC(C)CCCC(C)CCCC(C)C.CC(C)CCCC(C)CCCC(C)CCCCCO.CC(C)CCCC(C)CCCC(C)CCCCCOS(=O)(=O)[O-].COCCCCCC(C)CCCC(C)CCCC(C)C.COCCOCCCCCC(C)CCCC(C)CCCC(C)C.[Na+]. The van der Waals surface area contributed by atoms with Crippen LogP contribution in [0.3, 0.4) is 0 Å². The van der Waals surface area contributed by atoms with E-state index in [-0.39, 0.29) is 42.1 Å². The molecule has 0 radical (unpaired) electrons. The quantitative estimate of drug-likeness (QED) is 0.0206. The van der Waals surface area contributed by atoms with E-state index >= 15 is 0 Å². The topological polar surface area (TPSA) is 141 Å². The molecule has 0 heterocycles. The van der Waals surface area contributed by atoms with E-state index in [0.29, 0.717) is 26.2 Å². The van der Waals surface area contributed by atoms with E-state index in [1.54, 1.807) is 14.2 Å². The molecule has 0 aliphatic rings. The molecule has 0 bridgehead atoms. The average Bonchev–Trinajstić information content (AvgIpc) is 1.27. The second-order valence-corrected chi connectivity index (χ2v) is 38.5. The Hall–Kier alpha value is 0.180. The van der Waals surface area contributed by atoms with Gasteiger partial charge in [-0.25, -0.2) is 8.42 Å². The second kappa shape index (κ2) is 89.5. The molecule has 0 aliphatic carbocycles. The summed E-state index contributed by atoms with van der Waals surface area (Å²) < 4.78 is 55.5. The number of aliphatic hydroxyl groups is 1. The Morgan fingerprint density at radius 1 is 0.269 bits per heavy atom. The van der Waals surface area contributed by atoms with Crippen LogP contribution in [0.15, 0.2) is 0 Å². The number of carbonyl (C=O) groups is 1. The van der Waals surface area contributed by atoms with Gasteiger partial charge < -0.3 is 28.6 Å². The van der Waals surface area contributed by atoms with Crippen LogP contribution in [0.5, 0.6) is 0 Å². The van der Waals surface area contributed by atoms with Crippen LogP contribution < -0.4 is 29.6 Å². The number of hydrogen-bond donors (Lipinski definition) is 1. The van der Waals surface area contributed by atoms with Crippen LogP contribution in [0.4, 0.5) is 0 Å². The summed E-state index contributed by atoms with van der Waals surface area (Å²) in [5, 5.41) is 8.74. The molecule has 650 valence electrons. The molecule has 0 saturated carbocycles. The predicted molar refractivity (Wildman–Crippen MR) is 471 cm³/mol. The van der Waals surface area contributed by atoms with Crippen LogP contribution in [0.25, 0.3) is 0 Å². The van der Waals surface area contributed by atoms with Crippen LogP contribution in [-0.2, 0) is 38.3 Å². The van der Waals surface area contributed by atoms with Crippen molar-refractivity contribution >= 4 is 16.4 Å². The predicted octanol–water partition coefficient (Wildman–Crippen LogP) is 27.4. The van der Waals surface area contributed by atoms with Gasteiger partial charge in [0.1, 0.15) is 0 Å². The van der Waals surface area contributed by atoms with Crippen molar-refractivity contribution in [2.24, 2.45) is 88.8 Å².